The van der Waals surface area contributed by atoms with Gasteiger partial charge in [0.15, 0.2) is 0 Å². The lowest BCUT2D eigenvalue weighted by atomic mass is 10.1. The number of nitrogens with one attached hydrogen (secondary N) is 1. The monoisotopic (exact) mass is 421 g/mol. The molecular formula is C21H18ClF2NO2S. The zero-order valence-corrected chi connectivity index (χ0v) is 16.4. The van der Waals surface area contributed by atoms with Crippen LogP contribution in [0.3, 0.4) is 0 Å². The van der Waals surface area contributed by atoms with Gasteiger partial charge in [-0.1, -0.05) is 48.0 Å². The van der Waals surface area contributed by atoms with Crippen molar-refractivity contribution in [2.75, 3.05) is 12.3 Å². The van der Waals surface area contributed by atoms with Gasteiger partial charge >= 0.3 is 6.61 Å². The van der Waals surface area contributed by atoms with Gasteiger partial charge in [-0.3, -0.25) is 4.79 Å². The molecule has 3 nitrogen and oxygen atoms in total. The fraction of sp³-hybridized carbons (Fsp3) is 0.190. The van der Waals surface area contributed by atoms with Crippen molar-refractivity contribution in [3.05, 3.63) is 71.2 Å². The van der Waals surface area contributed by atoms with E-state index in [1.807, 2.05) is 36.4 Å². The van der Waals surface area contributed by atoms with Gasteiger partial charge in [0.2, 0.25) is 5.91 Å². The topological polar surface area (TPSA) is 38.3 Å². The molecule has 3 rings (SSSR count). The van der Waals surface area contributed by atoms with Crippen LogP contribution in [0.2, 0.25) is 5.02 Å². The average Bonchev–Trinajstić information content (AvgIpc) is 2.67. The van der Waals surface area contributed by atoms with Crippen LogP contribution in [0.5, 0.6) is 5.75 Å². The van der Waals surface area contributed by atoms with Crippen LogP contribution in [0.1, 0.15) is 5.56 Å². The summed E-state index contributed by atoms with van der Waals surface area (Å²) in [5.41, 5.74) is 0.926. The molecule has 0 spiro atoms. The number of carbonyl (C=O) groups excluding carboxylic acids is 1. The van der Waals surface area contributed by atoms with E-state index in [0.717, 1.165) is 21.2 Å². The molecule has 0 bridgehead atoms. The number of carbonyl (C=O) groups is 1. The Morgan fingerprint density at radius 2 is 1.79 bits per heavy atom. The smallest absolute Gasteiger partial charge is 0.387 e. The van der Waals surface area contributed by atoms with E-state index in [4.69, 9.17) is 11.6 Å². The quantitative estimate of drug-likeness (QED) is 0.485. The fourth-order valence-electron chi connectivity index (χ4n) is 2.76. The summed E-state index contributed by atoms with van der Waals surface area (Å²) >= 11 is 7.75. The first-order chi connectivity index (χ1) is 13.5. The molecule has 0 saturated heterocycles. The van der Waals surface area contributed by atoms with Crippen molar-refractivity contribution in [3.8, 4) is 5.75 Å². The minimum Gasteiger partial charge on any atom is -0.435 e. The second-order valence-corrected chi connectivity index (χ2v) is 7.43. The standard InChI is InChI=1S/C21H18ClF2NO2S/c22-17-5-1-3-15-4-2-6-18(20(15)17)28-13-19(26)25-12-11-14-7-9-16(10-8-14)27-21(23)24/h1-10,21H,11-13H2,(H,25,26). The largest absolute Gasteiger partial charge is 0.435 e. The lowest BCUT2D eigenvalue weighted by molar-refractivity contribution is -0.118. The number of amides is 1. The SMILES string of the molecule is O=C(CSc1cccc2cccc(Cl)c12)NCCc1ccc(OC(F)F)cc1. The second kappa shape index (κ2) is 9.75. The van der Waals surface area contributed by atoms with Gasteiger partial charge in [-0.05, 0) is 41.6 Å². The highest BCUT2D eigenvalue weighted by Crippen LogP contribution is 2.33. The van der Waals surface area contributed by atoms with Crippen LogP contribution in [0.4, 0.5) is 8.78 Å². The highest BCUT2D eigenvalue weighted by atomic mass is 35.5. The van der Waals surface area contributed by atoms with E-state index in [9.17, 15) is 13.6 Å². The van der Waals surface area contributed by atoms with E-state index in [0.29, 0.717) is 18.0 Å². The predicted molar refractivity (Wildman–Crippen MR) is 109 cm³/mol. The Labute approximate surface area is 171 Å². The maximum Gasteiger partial charge on any atom is 0.387 e. The average molecular weight is 422 g/mol. The van der Waals surface area contributed by atoms with Gasteiger partial charge < -0.3 is 10.1 Å². The molecular weight excluding hydrogens is 404 g/mol. The summed E-state index contributed by atoms with van der Waals surface area (Å²) in [5.74, 6) is 0.325. The van der Waals surface area contributed by atoms with E-state index >= 15 is 0 Å². The molecule has 0 fully saturated rings. The van der Waals surface area contributed by atoms with Crippen LogP contribution >= 0.6 is 23.4 Å². The van der Waals surface area contributed by atoms with Gasteiger partial charge in [-0.25, -0.2) is 0 Å². The van der Waals surface area contributed by atoms with Crippen molar-refractivity contribution in [1.29, 1.82) is 0 Å². The lowest BCUT2D eigenvalue weighted by Gasteiger charge is -2.09. The number of ether oxygens (including phenoxy) is 1. The minimum atomic E-state index is -2.83. The second-order valence-electron chi connectivity index (χ2n) is 6.01. The number of halogens is 3. The normalized spacial score (nSPS) is 11.0. The molecule has 0 aliphatic rings. The highest BCUT2D eigenvalue weighted by Gasteiger charge is 2.08. The lowest BCUT2D eigenvalue weighted by Crippen LogP contribution is -2.27. The van der Waals surface area contributed by atoms with Gasteiger partial charge in [0.05, 0.1) is 5.75 Å². The molecule has 0 heterocycles. The van der Waals surface area contributed by atoms with Gasteiger partial charge in [-0.2, -0.15) is 8.78 Å². The summed E-state index contributed by atoms with van der Waals surface area (Å²) in [4.78, 5) is 13.1. The summed E-state index contributed by atoms with van der Waals surface area (Å²) in [6.07, 6.45) is 0.603. The summed E-state index contributed by atoms with van der Waals surface area (Å²) in [6.45, 7) is -2.37. The molecule has 3 aromatic rings. The molecule has 0 aliphatic carbocycles. The van der Waals surface area contributed by atoms with Gasteiger partial charge in [0, 0.05) is 21.8 Å². The Balaban J connectivity index is 1.48. The molecule has 7 heteroatoms. The summed E-state index contributed by atoms with van der Waals surface area (Å²) < 4.78 is 28.6. The number of alkyl halides is 2. The number of hydrogen-bond acceptors (Lipinski definition) is 3. The van der Waals surface area contributed by atoms with Crippen LogP contribution in [0.25, 0.3) is 10.8 Å². The molecule has 28 heavy (non-hydrogen) atoms. The molecule has 146 valence electrons. The van der Waals surface area contributed by atoms with Gasteiger partial charge in [0.1, 0.15) is 5.75 Å². The zero-order chi connectivity index (χ0) is 19.9. The number of hydrogen-bond donors (Lipinski definition) is 1. The molecule has 3 aromatic carbocycles. The number of rotatable bonds is 8. The Hall–Kier alpha value is -2.31. The van der Waals surface area contributed by atoms with Gasteiger partial charge in [0.25, 0.3) is 0 Å². The van der Waals surface area contributed by atoms with Crippen molar-refractivity contribution in [1.82, 2.24) is 5.32 Å². The van der Waals surface area contributed by atoms with Crippen molar-refractivity contribution < 1.29 is 18.3 Å². The van der Waals surface area contributed by atoms with E-state index in [-0.39, 0.29) is 17.4 Å². The van der Waals surface area contributed by atoms with Crippen LogP contribution in [0.15, 0.2) is 65.6 Å². The molecule has 0 aromatic heterocycles. The molecule has 0 saturated carbocycles. The van der Waals surface area contributed by atoms with Crippen molar-refractivity contribution >= 4 is 40.0 Å². The van der Waals surface area contributed by atoms with Crippen LogP contribution in [-0.2, 0) is 11.2 Å². The first-order valence-corrected chi connectivity index (χ1v) is 10.00. The summed E-state index contributed by atoms with van der Waals surface area (Å²) in [7, 11) is 0. The first kappa shape index (κ1) is 20.4. The van der Waals surface area contributed by atoms with Crippen molar-refractivity contribution in [2.24, 2.45) is 0 Å². The number of benzene rings is 3. The maximum absolute atomic E-state index is 12.1. The third-order valence-corrected chi connectivity index (χ3v) is 5.43. The summed E-state index contributed by atoms with van der Waals surface area (Å²) in [5, 5.41) is 5.53. The predicted octanol–water partition coefficient (Wildman–Crippen LogP) is 5.55. The van der Waals surface area contributed by atoms with Crippen molar-refractivity contribution in [3.63, 3.8) is 0 Å². The molecule has 0 atom stereocenters. The Morgan fingerprint density at radius 1 is 1.07 bits per heavy atom. The number of thioether (sulfide) groups is 1. The van der Waals surface area contributed by atoms with Crippen LogP contribution in [-0.4, -0.2) is 24.8 Å². The van der Waals surface area contributed by atoms with Gasteiger partial charge in [-0.15, -0.1) is 11.8 Å². The van der Waals surface area contributed by atoms with Crippen molar-refractivity contribution in [2.45, 2.75) is 17.9 Å². The Bertz CT molecular complexity index is 946. The van der Waals surface area contributed by atoms with E-state index in [2.05, 4.69) is 10.1 Å². The Kier molecular flexibility index (Phi) is 7.12. The molecule has 1 N–H and O–H groups in total. The highest BCUT2D eigenvalue weighted by molar-refractivity contribution is 8.00. The van der Waals surface area contributed by atoms with E-state index < -0.39 is 6.61 Å². The third-order valence-electron chi connectivity index (χ3n) is 4.06. The molecule has 0 radical (unpaired) electrons. The van der Waals surface area contributed by atoms with E-state index in [1.54, 1.807) is 12.1 Å². The fourth-order valence-corrected chi connectivity index (χ4v) is 4.04. The van der Waals surface area contributed by atoms with Crippen LogP contribution in [0, 0.1) is 0 Å². The summed E-state index contributed by atoms with van der Waals surface area (Å²) in [6, 6.07) is 18.0. The molecule has 1 amide bonds. The maximum atomic E-state index is 12.1. The zero-order valence-electron chi connectivity index (χ0n) is 14.8. The molecule has 0 aliphatic heterocycles. The van der Waals surface area contributed by atoms with Crippen LogP contribution < -0.4 is 10.1 Å². The van der Waals surface area contributed by atoms with E-state index in [1.165, 1.54) is 23.9 Å². The minimum absolute atomic E-state index is 0.0771. The Morgan fingerprint density at radius 3 is 2.50 bits per heavy atom. The first-order valence-electron chi connectivity index (χ1n) is 8.63. The third kappa shape index (κ3) is 5.59. The molecule has 0 unspecified atom stereocenters. The number of fused-ring (bicyclic) bond motifs is 1.